The van der Waals surface area contributed by atoms with Gasteiger partial charge in [-0.15, -0.1) is 12.4 Å². The molecule has 174 valence electrons. The molecule has 1 aromatic carbocycles. The predicted molar refractivity (Wildman–Crippen MR) is 136 cm³/mol. The summed E-state index contributed by atoms with van der Waals surface area (Å²) in [5.74, 6) is 1.77. The Morgan fingerprint density at radius 1 is 0.806 bits per heavy atom. The summed E-state index contributed by atoms with van der Waals surface area (Å²) in [6.45, 7) is 13.7. The van der Waals surface area contributed by atoms with E-state index in [0.717, 1.165) is 11.8 Å². The maximum atomic E-state index is 2.72. The molecule has 0 atom stereocenters. The number of halogens is 1. The third kappa shape index (κ3) is 5.71. The average molecular weight is 446 g/mol. The van der Waals surface area contributed by atoms with Crippen LogP contribution in [0.5, 0.6) is 0 Å². The minimum absolute atomic E-state index is 0. The van der Waals surface area contributed by atoms with Crippen molar-refractivity contribution in [3.63, 3.8) is 0 Å². The van der Waals surface area contributed by atoms with Gasteiger partial charge in [0.25, 0.3) is 0 Å². The van der Waals surface area contributed by atoms with Crippen molar-refractivity contribution in [2.24, 2.45) is 11.3 Å². The molecule has 0 bridgehead atoms. The van der Waals surface area contributed by atoms with E-state index < -0.39 is 0 Å². The summed E-state index contributed by atoms with van der Waals surface area (Å²) < 4.78 is 0. The van der Waals surface area contributed by atoms with Crippen LogP contribution in [0.15, 0.2) is 18.2 Å². The largest absolute Gasteiger partial charge is 0.372 e. The summed E-state index contributed by atoms with van der Waals surface area (Å²) in [6, 6.07) is 7.54. The Morgan fingerprint density at radius 2 is 1.48 bits per heavy atom. The summed E-state index contributed by atoms with van der Waals surface area (Å²) in [7, 11) is 0. The molecule has 31 heavy (non-hydrogen) atoms. The van der Waals surface area contributed by atoms with Crippen LogP contribution in [-0.4, -0.2) is 50.7 Å². The molecule has 0 amide bonds. The van der Waals surface area contributed by atoms with Gasteiger partial charge in [-0.1, -0.05) is 13.8 Å². The van der Waals surface area contributed by atoms with E-state index in [1.807, 2.05) is 0 Å². The first-order valence-corrected chi connectivity index (χ1v) is 12.9. The van der Waals surface area contributed by atoms with E-state index >= 15 is 0 Å². The molecule has 3 nitrogen and oxygen atoms in total. The normalized spacial score (nSPS) is 25.4. The zero-order valence-electron chi connectivity index (χ0n) is 20.0. The van der Waals surface area contributed by atoms with Gasteiger partial charge in [-0.3, -0.25) is 4.90 Å². The van der Waals surface area contributed by atoms with E-state index in [0.29, 0.717) is 5.41 Å². The lowest BCUT2D eigenvalue weighted by Gasteiger charge is -2.40. The zero-order valence-corrected chi connectivity index (χ0v) is 20.8. The molecule has 2 heterocycles. The molecule has 0 spiro atoms. The molecule has 2 aliphatic heterocycles. The number of rotatable bonds is 5. The van der Waals surface area contributed by atoms with Crippen LogP contribution in [0.1, 0.15) is 83.1 Å². The van der Waals surface area contributed by atoms with E-state index in [9.17, 15) is 0 Å². The lowest BCUT2D eigenvalue weighted by molar-refractivity contribution is 0.224. The van der Waals surface area contributed by atoms with Crippen LogP contribution in [0.25, 0.3) is 0 Å². The summed E-state index contributed by atoms with van der Waals surface area (Å²) in [6.07, 6.45) is 12.6. The highest BCUT2D eigenvalue weighted by atomic mass is 35.5. The van der Waals surface area contributed by atoms with Crippen molar-refractivity contribution in [2.45, 2.75) is 77.6 Å². The van der Waals surface area contributed by atoms with Gasteiger partial charge < -0.3 is 9.80 Å². The van der Waals surface area contributed by atoms with E-state index in [1.165, 1.54) is 109 Å². The van der Waals surface area contributed by atoms with Gasteiger partial charge >= 0.3 is 0 Å². The van der Waals surface area contributed by atoms with Crippen molar-refractivity contribution in [1.82, 2.24) is 4.90 Å². The molecule has 0 N–H and O–H groups in total. The minimum atomic E-state index is 0. The fraction of sp³-hybridized carbons (Fsp3) is 0.778. The van der Waals surface area contributed by atoms with Crippen LogP contribution in [0.3, 0.4) is 0 Å². The third-order valence-corrected chi connectivity index (χ3v) is 8.44. The van der Waals surface area contributed by atoms with Crippen molar-refractivity contribution in [1.29, 1.82) is 0 Å². The summed E-state index contributed by atoms with van der Waals surface area (Å²) in [4.78, 5) is 8.09. The fourth-order valence-electron chi connectivity index (χ4n) is 6.05. The van der Waals surface area contributed by atoms with Gasteiger partial charge in [0.05, 0.1) is 0 Å². The van der Waals surface area contributed by atoms with Crippen LogP contribution in [0.2, 0.25) is 0 Å². The molecular formula is C27H44ClN3. The second-order valence-electron chi connectivity index (χ2n) is 11.5. The summed E-state index contributed by atoms with van der Waals surface area (Å²) in [5.41, 5.74) is 5.26. The number of piperidine rings is 1. The average Bonchev–Trinajstić information content (AvgIpc) is 3.59. The first-order chi connectivity index (χ1) is 14.6. The highest BCUT2D eigenvalue weighted by molar-refractivity contribution is 5.85. The highest BCUT2D eigenvalue weighted by Crippen LogP contribution is 2.46. The molecule has 0 aromatic heterocycles. The number of anilines is 2. The molecule has 5 rings (SSSR count). The molecule has 4 aliphatic rings. The van der Waals surface area contributed by atoms with Gasteiger partial charge in [-0.05, 0) is 98.8 Å². The molecule has 0 unspecified atom stereocenters. The van der Waals surface area contributed by atoms with Crippen molar-refractivity contribution < 1.29 is 0 Å². The molecule has 1 aromatic rings. The number of benzene rings is 1. The van der Waals surface area contributed by atoms with Gasteiger partial charge in [0.15, 0.2) is 0 Å². The Bertz CT molecular complexity index is 705. The van der Waals surface area contributed by atoms with Crippen LogP contribution in [-0.2, 0) is 0 Å². The molecule has 0 radical (unpaired) electrons. The number of piperazine rings is 1. The van der Waals surface area contributed by atoms with Crippen LogP contribution in [0, 0.1) is 11.3 Å². The van der Waals surface area contributed by atoms with Crippen molar-refractivity contribution in [2.75, 3.05) is 55.6 Å². The fourth-order valence-corrected chi connectivity index (χ4v) is 6.05. The van der Waals surface area contributed by atoms with Crippen LogP contribution >= 0.6 is 12.4 Å². The first-order valence-electron chi connectivity index (χ1n) is 12.9. The Morgan fingerprint density at radius 3 is 2.13 bits per heavy atom. The third-order valence-electron chi connectivity index (χ3n) is 8.44. The van der Waals surface area contributed by atoms with Gasteiger partial charge in [0.1, 0.15) is 0 Å². The van der Waals surface area contributed by atoms with E-state index in [4.69, 9.17) is 0 Å². The lowest BCUT2D eigenvalue weighted by Crippen LogP contribution is -2.47. The van der Waals surface area contributed by atoms with Crippen LogP contribution in [0.4, 0.5) is 11.4 Å². The maximum absolute atomic E-state index is 2.72. The van der Waals surface area contributed by atoms with Gasteiger partial charge in [-0.25, -0.2) is 0 Å². The summed E-state index contributed by atoms with van der Waals surface area (Å²) in [5, 5.41) is 0. The quantitative estimate of drug-likeness (QED) is 0.525. The zero-order chi connectivity index (χ0) is 20.6. The molecule has 4 fully saturated rings. The maximum Gasteiger partial charge on any atom is 0.0404 e. The van der Waals surface area contributed by atoms with Crippen LogP contribution < -0.4 is 9.80 Å². The minimum Gasteiger partial charge on any atom is -0.372 e. The number of hydrogen-bond donors (Lipinski definition) is 0. The monoisotopic (exact) mass is 445 g/mol. The second kappa shape index (κ2) is 9.91. The van der Waals surface area contributed by atoms with Crippen molar-refractivity contribution in [3.8, 4) is 0 Å². The van der Waals surface area contributed by atoms with E-state index in [2.05, 4.69) is 46.7 Å². The molecule has 2 saturated heterocycles. The standard InChI is InChI=1S/C27H43N3.ClH/c1-27(2)12-10-23(11-13-27)25-20-24(29-14-4-3-5-15-29)8-9-26(25)30-18-16-28(17-19-30)21-22-6-7-22;/h8-9,20,22-23H,3-7,10-19,21H2,1-2H3;1H. The molecule has 2 saturated carbocycles. The van der Waals surface area contributed by atoms with Crippen molar-refractivity contribution >= 4 is 23.8 Å². The first kappa shape index (κ1) is 23.2. The summed E-state index contributed by atoms with van der Waals surface area (Å²) >= 11 is 0. The Labute approximate surface area is 197 Å². The molecule has 2 aliphatic carbocycles. The topological polar surface area (TPSA) is 9.72 Å². The Kier molecular flexibility index (Phi) is 7.43. The Balaban J connectivity index is 0.00000231. The second-order valence-corrected chi connectivity index (χ2v) is 11.5. The van der Waals surface area contributed by atoms with E-state index in [1.54, 1.807) is 11.3 Å². The smallest absolute Gasteiger partial charge is 0.0404 e. The molecular weight excluding hydrogens is 402 g/mol. The highest BCUT2D eigenvalue weighted by Gasteiger charge is 2.31. The van der Waals surface area contributed by atoms with Gasteiger partial charge in [0.2, 0.25) is 0 Å². The predicted octanol–water partition coefficient (Wildman–Crippen LogP) is 6.31. The number of nitrogens with zero attached hydrogens (tertiary/aromatic N) is 3. The number of hydrogen-bond acceptors (Lipinski definition) is 3. The van der Waals surface area contributed by atoms with E-state index in [-0.39, 0.29) is 12.4 Å². The Hall–Kier alpha value is -0.930. The lowest BCUT2D eigenvalue weighted by atomic mass is 9.71. The van der Waals surface area contributed by atoms with Gasteiger partial charge in [0, 0.05) is 57.2 Å². The van der Waals surface area contributed by atoms with Gasteiger partial charge in [-0.2, -0.15) is 0 Å². The molecule has 4 heteroatoms. The SMILES string of the molecule is CC1(C)CCC(c2cc(N3CCCCC3)ccc2N2CCN(CC3CC3)CC2)CC1.Cl. The van der Waals surface area contributed by atoms with Crippen molar-refractivity contribution in [3.05, 3.63) is 23.8 Å².